The second kappa shape index (κ2) is 21.1. The molecule has 140 valence electrons. The van der Waals surface area contributed by atoms with Crippen LogP contribution in [0.5, 0.6) is 0 Å². The van der Waals surface area contributed by atoms with Gasteiger partial charge in [0, 0.05) is 39.3 Å². The Bertz CT molecular complexity index is 357. The molecule has 14 heteroatoms. The zero-order valence-electron chi connectivity index (χ0n) is 14.1. The van der Waals surface area contributed by atoms with Crippen LogP contribution in [0, 0.1) is 0 Å². The normalized spacial score (nSPS) is 9.38. The Morgan fingerprint density at radius 1 is 0.615 bits per heavy atom. The Morgan fingerprint density at radius 2 is 0.808 bits per heavy atom. The molecule has 12 nitrogen and oxygen atoms in total. The molecule has 0 aliphatic heterocycles. The minimum absolute atomic E-state index is 0. The summed E-state index contributed by atoms with van der Waals surface area (Å²) in [7, 11) is 0. The summed E-state index contributed by atoms with van der Waals surface area (Å²) in [6.45, 7) is -2.74. The first-order valence-electron chi connectivity index (χ1n) is 6.58. The Kier molecular flexibility index (Phi) is 27.0. The van der Waals surface area contributed by atoms with Crippen molar-refractivity contribution in [2.75, 3.05) is 52.5 Å². The maximum atomic E-state index is 10.0. The summed E-state index contributed by atoms with van der Waals surface area (Å²) in [5.74, 6) is -5.54. The number of aliphatic carboxylic acids is 4. The van der Waals surface area contributed by atoms with Crippen molar-refractivity contribution in [1.82, 2.24) is 9.80 Å². The molecule has 0 aromatic heterocycles. The van der Waals surface area contributed by atoms with Crippen LogP contribution in [0.15, 0.2) is 0 Å². The van der Waals surface area contributed by atoms with Gasteiger partial charge in [-0.3, -0.25) is 9.80 Å². The van der Waals surface area contributed by atoms with Gasteiger partial charge >= 0.3 is 60.8 Å². The molecule has 0 aromatic rings. The molecule has 0 unspecified atom stereocenters. The first-order chi connectivity index (χ1) is 11.1. The fourth-order valence-electron chi connectivity index (χ4n) is 1.44. The molecular weight excluding hydrogens is 397 g/mol. The second-order valence-electron chi connectivity index (χ2n) is 4.36. The summed E-state index contributed by atoms with van der Waals surface area (Å²) in [6, 6.07) is 0. The monoisotopic (exact) mass is 414 g/mol. The van der Waals surface area contributed by atoms with Crippen LogP contribution in [0.3, 0.4) is 0 Å². The molecule has 0 fully saturated rings. The third-order valence-corrected chi connectivity index (χ3v) is 2.24. The molecule has 0 radical (unpaired) electrons. The number of hydrogen-bond acceptors (Lipinski definition) is 12. The van der Waals surface area contributed by atoms with Crippen LogP contribution < -0.4 is 20.4 Å². The van der Waals surface area contributed by atoms with Gasteiger partial charge in [0.1, 0.15) is 0 Å². The van der Waals surface area contributed by atoms with Crippen LogP contribution in [-0.4, -0.2) is 157 Å². The number of rotatable bonds is 12. The van der Waals surface area contributed by atoms with E-state index in [1.54, 1.807) is 0 Å². The van der Waals surface area contributed by atoms with Gasteiger partial charge in [0.05, 0.1) is 37.1 Å². The van der Waals surface area contributed by atoms with Crippen molar-refractivity contribution in [2.45, 2.75) is 0 Å². The van der Waals surface area contributed by atoms with Crippen molar-refractivity contribution in [3.63, 3.8) is 0 Å². The van der Waals surface area contributed by atoms with Gasteiger partial charge in [-0.2, -0.15) is 0 Å². The van der Waals surface area contributed by atoms with Crippen LogP contribution in [0.4, 0.5) is 0 Å². The van der Waals surface area contributed by atoms with Gasteiger partial charge in [0.25, 0.3) is 0 Å². The fourth-order valence-corrected chi connectivity index (χ4v) is 1.44. The van der Waals surface area contributed by atoms with Crippen LogP contribution in [0.1, 0.15) is 0 Å². The fraction of sp³-hybridized carbons (Fsp3) is 0.667. The van der Waals surface area contributed by atoms with Crippen molar-refractivity contribution in [2.24, 2.45) is 0 Å². The third kappa shape index (κ3) is 26.0. The van der Waals surface area contributed by atoms with Gasteiger partial charge < -0.3 is 49.8 Å². The summed E-state index contributed by atoms with van der Waals surface area (Å²) in [6.07, 6.45) is 0. The number of carbonyl (C=O) groups excluding carboxylic acids is 4. The van der Waals surface area contributed by atoms with E-state index in [2.05, 4.69) is 0 Å². The molecule has 0 spiro atoms. The van der Waals surface area contributed by atoms with E-state index in [4.69, 9.17) is 10.2 Å². The molecule has 0 rings (SSSR count). The van der Waals surface area contributed by atoms with E-state index in [9.17, 15) is 39.6 Å². The standard InChI is InChI=1S/2C6H11NO5.Ca.Mg/c2*8-2-1-7(3-5(9)10)4-6(11)12;;/h2*8H,1-4H2,(H,9,10)(H,11,12);;/q;;2*+2/p-4. The van der Waals surface area contributed by atoms with Gasteiger partial charge in [-0.25, -0.2) is 0 Å². The number of aliphatic hydroxyl groups is 2. The summed E-state index contributed by atoms with van der Waals surface area (Å²) in [5, 5.41) is 56.9. The van der Waals surface area contributed by atoms with Gasteiger partial charge in [0.2, 0.25) is 0 Å². The maximum Gasteiger partial charge on any atom is 2.00 e. The largest absolute Gasteiger partial charge is 2.00 e. The van der Waals surface area contributed by atoms with E-state index in [0.717, 1.165) is 9.80 Å². The smallest absolute Gasteiger partial charge is 0.549 e. The zero-order chi connectivity index (χ0) is 19.1. The van der Waals surface area contributed by atoms with Crippen LogP contribution in [-0.2, 0) is 19.2 Å². The van der Waals surface area contributed by atoms with Gasteiger partial charge in [-0.1, -0.05) is 0 Å². The predicted octanol–water partition coefficient (Wildman–Crippen LogP) is -9.20. The third-order valence-electron chi connectivity index (χ3n) is 2.24. The van der Waals surface area contributed by atoms with E-state index in [0.29, 0.717) is 0 Å². The van der Waals surface area contributed by atoms with Crippen LogP contribution in [0.25, 0.3) is 0 Å². The van der Waals surface area contributed by atoms with E-state index in [1.807, 2.05) is 0 Å². The number of aliphatic hydroxyl groups excluding tert-OH is 2. The quantitative estimate of drug-likeness (QED) is 0.285. The molecule has 0 aliphatic carbocycles. The first-order valence-corrected chi connectivity index (χ1v) is 6.58. The molecule has 0 saturated heterocycles. The minimum Gasteiger partial charge on any atom is -0.549 e. The Labute approximate surface area is 195 Å². The molecule has 2 N–H and O–H groups in total. The number of hydrogen-bond donors (Lipinski definition) is 2. The van der Waals surface area contributed by atoms with Gasteiger partial charge in [-0.05, 0) is 0 Å². The van der Waals surface area contributed by atoms with Crippen molar-refractivity contribution >= 4 is 84.7 Å². The molecule has 0 atom stereocenters. The topological polar surface area (TPSA) is 207 Å². The van der Waals surface area contributed by atoms with Gasteiger partial charge in [0.15, 0.2) is 0 Å². The SMILES string of the molecule is O=C([O-])CN(CCO)CC(=O)[O-].O=C([O-])CN(CCO)CC(=O)[O-].[Ca+2].[Mg+2]. The molecule has 0 aliphatic rings. The zero-order valence-corrected chi connectivity index (χ0v) is 17.7. The number of carboxylic acid groups (broad SMARTS) is 4. The summed E-state index contributed by atoms with van der Waals surface area (Å²) in [5.41, 5.74) is 0. The predicted molar refractivity (Wildman–Crippen MR) is 78.6 cm³/mol. The summed E-state index contributed by atoms with van der Waals surface area (Å²) < 4.78 is 0. The average molecular weight is 415 g/mol. The van der Waals surface area contributed by atoms with Crippen molar-refractivity contribution in [1.29, 1.82) is 0 Å². The number of carboxylic acids is 4. The molecule has 26 heavy (non-hydrogen) atoms. The number of carbonyl (C=O) groups is 4. The first kappa shape index (κ1) is 33.3. The van der Waals surface area contributed by atoms with Gasteiger partial charge in [-0.15, -0.1) is 0 Å². The van der Waals surface area contributed by atoms with E-state index >= 15 is 0 Å². The molecular formula is C12H18CaMgN2O10. The van der Waals surface area contributed by atoms with Crippen molar-refractivity contribution in [3.8, 4) is 0 Å². The van der Waals surface area contributed by atoms with E-state index in [1.165, 1.54) is 0 Å². The Balaban J connectivity index is -0.000000173. The maximum absolute atomic E-state index is 10.0. The van der Waals surface area contributed by atoms with Crippen LogP contribution in [0.2, 0.25) is 0 Å². The summed E-state index contributed by atoms with van der Waals surface area (Å²) >= 11 is 0. The Hall–Kier alpha value is -0.254. The Morgan fingerprint density at radius 3 is 0.923 bits per heavy atom. The summed E-state index contributed by atoms with van der Waals surface area (Å²) in [4.78, 5) is 42.1. The average Bonchev–Trinajstić information content (AvgIpc) is 2.36. The van der Waals surface area contributed by atoms with Crippen molar-refractivity contribution in [3.05, 3.63) is 0 Å². The number of nitrogens with zero attached hydrogens (tertiary/aromatic N) is 2. The minimum atomic E-state index is -1.38. The van der Waals surface area contributed by atoms with E-state index < -0.39 is 50.1 Å². The molecule has 0 bridgehead atoms. The second-order valence-corrected chi connectivity index (χ2v) is 4.36. The molecule has 0 heterocycles. The molecule has 0 aromatic carbocycles. The van der Waals surface area contributed by atoms with Crippen LogP contribution >= 0.6 is 0 Å². The van der Waals surface area contributed by atoms with Crippen molar-refractivity contribution < 1.29 is 49.8 Å². The molecule has 0 amide bonds. The van der Waals surface area contributed by atoms with E-state index in [-0.39, 0.29) is 87.1 Å². The molecule has 0 saturated carbocycles.